The number of halogens is 1. The Bertz CT molecular complexity index is 925. The maximum Gasteiger partial charge on any atom is 0.292 e. The zero-order valence-electron chi connectivity index (χ0n) is 12.7. The van der Waals surface area contributed by atoms with Gasteiger partial charge < -0.3 is 5.32 Å². The summed E-state index contributed by atoms with van der Waals surface area (Å²) in [6.07, 6.45) is 0. The summed E-state index contributed by atoms with van der Waals surface area (Å²) in [5.74, 6) is -0.698. The molecule has 0 aliphatic rings. The van der Waals surface area contributed by atoms with E-state index >= 15 is 0 Å². The number of carbonyl (C=O) groups excluding carboxylic acids is 1. The smallest absolute Gasteiger partial charge is 0.292 e. The van der Waals surface area contributed by atoms with E-state index in [0.717, 1.165) is 4.80 Å². The molecule has 0 unspecified atom stereocenters. The average Bonchev–Trinajstić information content (AvgIpc) is 3.04. The van der Waals surface area contributed by atoms with Crippen molar-refractivity contribution < 1.29 is 14.1 Å². The van der Waals surface area contributed by atoms with Gasteiger partial charge in [-0.2, -0.15) is 4.80 Å². The molecule has 0 saturated heterocycles. The van der Waals surface area contributed by atoms with Crippen molar-refractivity contribution in [1.82, 2.24) is 20.2 Å². The molecule has 0 radical (unpaired) electrons. The Morgan fingerprint density at radius 2 is 1.92 bits per heavy atom. The lowest BCUT2D eigenvalue weighted by Crippen LogP contribution is -2.21. The number of nitrogens with one attached hydrogen (secondary N) is 1. The third kappa shape index (κ3) is 3.80. The highest BCUT2D eigenvalue weighted by Gasteiger charge is 2.16. The summed E-state index contributed by atoms with van der Waals surface area (Å²) in [6, 6.07) is 11.3. The fourth-order valence-electron chi connectivity index (χ4n) is 2.08. The minimum absolute atomic E-state index is 0.0800. The van der Waals surface area contributed by atoms with Crippen LogP contribution in [0.25, 0.3) is 11.4 Å². The van der Waals surface area contributed by atoms with Gasteiger partial charge in [0, 0.05) is 11.6 Å². The fourth-order valence-corrected chi connectivity index (χ4v) is 2.08. The number of hydrogen-bond donors (Lipinski definition) is 1. The van der Waals surface area contributed by atoms with Crippen molar-refractivity contribution in [3.63, 3.8) is 0 Å². The van der Waals surface area contributed by atoms with Gasteiger partial charge in [-0.25, -0.2) is 4.39 Å². The quantitative estimate of drug-likeness (QED) is 0.560. The van der Waals surface area contributed by atoms with E-state index in [-0.39, 0.29) is 29.6 Å². The van der Waals surface area contributed by atoms with Crippen LogP contribution in [0.15, 0.2) is 48.5 Å². The Morgan fingerprint density at radius 1 is 1.20 bits per heavy atom. The predicted molar refractivity (Wildman–Crippen MR) is 84.9 cm³/mol. The number of nitro benzene ring substituents is 1. The van der Waals surface area contributed by atoms with Crippen LogP contribution in [0, 0.1) is 15.9 Å². The second-order valence-corrected chi connectivity index (χ2v) is 4.97. The molecule has 2 aromatic carbocycles. The maximum atomic E-state index is 12.9. The molecule has 0 atom stereocenters. The molecular formula is C15H11FN6O3. The van der Waals surface area contributed by atoms with Crippen LogP contribution in [0.4, 0.5) is 15.8 Å². The van der Waals surface area contributed by atoms with Gasteiger partial charge in [0.05, 0.1) is 4.92 Å². The molecule has 3 rings (SSSR count). The van der Waals surface area contributed by atoms with Crippen LogP contribution in [0.5, 0.6) is 0 Å². The van der Waals surface area contributed by atoms with Crippen LogP contribution < -0.4 is 5.32 Å². The summed E-state index contributed by atoms with van der Waals surface area (Å²) in [6.45, 7) is -0.278. The Hall–Kier alpha value is -3.69. The van der Waals surface area contributed by atoms with E-state index in [1.807, 2.05) is 0 Å². The van der Waals surface area contributed by atoms with E-state index in [0.29, 0.717) is 5.56 Å². The summed E-state index contributed by atoms with van der Waals surface area (Å²) in [5, 5.41) is 24.9. The highest BCUT2D eigenvalue weighted by atomic mass is 19.1. The maximum absolute atomic E-state index is 12.9. The molecule has 1 N–H and O–H groups in total. The van der Waals surface area contributed by atoms with E-state index in [1.54, 1.807) is 6.07 Å². The van der Waals surface area contributed by atoms with E-state index in [4.69, 9.17) is 0 Å². The van der Waals surface area contributed by atoms with Crippen molar-refractivity contribution in [3.05, 3.63) is 64.5 Å². The molecule has 1 amide bonds. The molecule has 0 spiro atoms. The van der Waals surface area contributed by atoms with E-state index in [1.165, 1.54) is 42.5 Å². The number of rotatable bonds is 5. The third-order valence-corrected chi connectivity index (χ3v) is 3.22. The molecule has 1 heterocycles. The van der Waals surface area contributed by atoms with Crippen LogP contribution in [0.1, 0.15) is 0 Å². The monoisotopic (exact) mass is 342 g/mol. The number of amides is 1. The normalized spacial score (nSPS) is 10.4. The van der Waals surface area contributed by atoms with E-state index < -0.39 is 10.8 Å². The SMILES string of the molecule is O=C(Cn1nnc(-c2ccc(F)cc2)n1)Nc1ccccc1[N+](=O)[O-]. The van der Waals surface area contributed by atoms with Crippen molar-refractivity contribution in [3.8, 4) is 11.4 Å². The minimum atomic E-state index is -0.587. The highest BCUT2D eigenvalue weighted by molar-refractivity contribution is 5.92. The Labute approximate surface area is 140 Å². The molecule has 0 aliphatic carbocycles. The van der Waals surface area contributed by atoms with Crippen LogP contribution in [0.2, 0.25) is 0 Å². The highest BCUT2D eigenvalue weighted by Crippen LogP contribution is 2.23. The first-order valence-corrected chi connectivity index (χ1v) is 7.10. The average molecular weight is 342 g/mol. The lowest BCUT2D eigenvalue weighted by atomic mass is 10.2. The lowest BCUT2D eigenvalue weighted by Gasteiger charge is -2.04. The zero-order valence-corrected chi connectivity index (χ0v) is 12.7. The number of carbonyl (C=O) groups is 1. The first kappa shape index (κ1) is 16.2. The molecule has 9 nitrogen and oxygen atoms in total. The first-order valence-electron chi connectivity index (χ1n) is 7.10. The number of aromatic nitrogens is 4. The van der Waals surface area contributed by atoms with E-state index in [2.05, 4.69) is 20.7 Å². The van der Waals surface area contributed by atoms with Gasteiger partial charge in [-0.3, -0.25) is 14.9 Å². The second kappa shape index (κ2) is 6.83. The predicted octanol–water partition coefficient (Wildman–Crippen LogP) is 2.03. The molecule has 3 aromatic rings. The number of para-hydroxylation sites is 2. The lowest BCUT2D eigenvalue weighted by molar-refractivity contribution is -0.383. The third-order valence-electron chi connectivity index (χ3n) is 3.22. The molecular weight excluding hydrogens is 331 g/mol. The van der Waals surface area contributed by atoms with Gasteiger partial charge in [0.1, 0.15) is 18.0 Å². The Balaban J connectivity index is 1.70. The van der Waals surface area contributed by atoms with E-state index in [9.17, 15) is 19.3 Å². The number of benzene rings is 2. The summed E-state index contributed by atoms with van der Waals surface area (Å²) >= 11 is 0. The Kier molecular flexibility index (Phi) is 4.42. The zero-order chi connectivity index (χ0) is 17.8. The van der Waals surface area contributed by atoms with Gasteiger partial charge in [0.15, 0.2) is 0 Å². The van der Waals surface area contributed by atoms with Crippen molar-refractivity contribution >= 4 is 17.3 Å². The molecule has 0 fully saturated rings. The summed E-state index contributed by atoms with van der Waals surface area (Å²) in [5.41, 5.74) is 0.414. The van der Waals surface area contributed by atoms with Crippen LogP contribution in [-0.2, 0) is 11.3 Å². The van der Waals surface area contributed by atoms with Crippen molar-refractivity contribution in [2.24, 2.45) is 0 Å². The summed E-state index contributed by atoms with van der Waals surface area (Å²) in [7, 11) is 0. The van der Waals surface area contributed by atoms with Crippen LogP contribution in [-0.4, -0.2) is 31.0 Å². The topological polar surface area (TPSA) is 116 Å². The summed E-state index contributed by atoms with van der Waals surface area (Å²) in [4.78, 5) is 23.4. The molecule has 0 saturated carbocycles. The molecule has 126 valence electrons. The number of nitro groups is 1. The molecule has 0 aliphatic heterocycles. The number of anilines is 1. The van der Waals surface area contributed by atoms with Gasteiger partial charge in [-0.15, -0.1) is 10.2 Å². The molecule has 0 bridgehead atoms. The van der Waals surface area contributed by atoms with Gasteiger partial charge in [-0.1, -0.05) is 12.1 Å². The van der Waals surface area contributed by atoms with Gasteiger partial charge >= 0.3 is 0 Å². The Morgan fingerprint density at radius 3 is 2.64 bits per heavy atom. The van der Waals surface area contributed by atoms with Crippen molar-refractivity contribution in [2.75, 3.05) is 5.32 Å². The number of nitrogens with zero attached hydrogens (tertiary/aromatic N) is 5. The fraction of sp³-hybridized carbons (Fsp3) is 0.0667. The van der Waals surface area contributed by atoms with Gasteiger partial charge in [-0.05, 0) is 35.5 Å². The molecule has 10 heteroatoms. The first-order chi connectivity index (χ1) is 12.0. The van der Waals surface area contributed by atoms with Crippen LogP contribution >= 0.6 is 0 Å². The number of hydrogen-bond acceptors (Lipinski definition) is 6. The number of tetrazole rings is 1. The standard InChI is InChI=1S/C15H11FN6O3/c16-11-7-5-10(6-8-11)15-18-20-21(19-15)9-14(23)17-12-3-1-2-4-13(12)22(24)25/h1-8H,9H2,(H,17,23). The van der Waals surface area contributed by atoms with Gasteiger partial charge in [0.25, 0.3) is 5.69 Å². The second-order valence-electron chi connectivity index (χ2n) is 4.97. The van der Waals surface area contributed by atoms with Crippen molar-refractivity contribution in [2.45, 2.75) is 6.54 Å². The molecule has 1 aromatic heterocycles. The molecule has 25 heavy (non-hydrogen) atoms. The minimum Gasteiger partial charge on any atom is -0.319 e. The summed E-state index contributed by atoms with van der Waals surface area (Å²) < 4.78 is 12.9. The van der Waals surface area contributed by atoms with Crippen molar-refractivity contribution in [1.29, 1.82) is 0 Å². The van der Waals surface area contributed by atoms with Crippen LogP contribution in [0.3, 0.4) is 0 Å². The largest absolute Gasteiger partial charge is 0.319 e. The van der Waals surface area contributed by atoms with Gasteiger partial charge in [0.2, 0.25) is 11.7 Å².